The number of para-hydroxylation sites is 1. The van der Waals surface area contributed by atoms with Gasteiger partial charge in [-0.05, 0) is 18.2 Å². The maximum atomic E-state index is 10.6. The lowest BCUT2D eigenvalue weighted by atomic mass is 10.1. The minimum Gasteiger partial charge on any atom is -1.00 e. The van der Waals surface area contributed by atoms with E-state index in [0.717, 1.165) is 41.1 Å². The number of nitrogens with zero attached hydrogens (tertiary/aromatic N) is 1. The number of aromatic hydroxyl groups is 1. The van der Waals surface area contributed by atoms with Crippen LogP contribution in [0.3, 0.4) is 0 Å². The first-order valence-corrected chi connectivity index (χ1v) is 7.33. The highest BCUT2D eigenvalue weighted by atomic mass is 35.5. The first-order chi connectivity index (χ1) is 9.74. The van der Waals surface area contributed by atoms with Crippen LogP contribution in [0, 0.1) is 0 Å². The van der Waals surface area contributed by atoms with Crippen LogP contribution >= 0.6 is 11.6 Å². The molecule has 110 valence electrons. The number of fused-ring (bicyclic) bond motifs is 3. The van der Waals surface area contributed by atoms with Gasteiger partial charge in [-0.25, -0.2) is 0 Å². The van der Waals surface area contributed by atoms with E-state index in [1.165, 1.54) is 0 Å². The van der Waals surface area contributed by atoms with Crippen LogP contribution < -0.4 is 17.0 Å². The molecule has 0 atom stereocenters. The number of hydrogen-bond donors (Lipinski definition) is 1. The molecule has 3 rings (SSSR count). The topological polar surface area (TPSA) is 24.1 Å². The molecule has 0 aliphatic rings. The van der Waals surface area contributed by atoms with Gasteiger partial charge < -0.3 is 17.5 Å². The van der Waals surface area contributed by atoms with Crippen LogP contribution in [0.15, 0.2) is 42.5 Å². The van der Waals surface area contributed by atoms with Crippen LogP contribution in [0.1, 0.15) is 19.8 Å². The fraction of sp³-hybridized carbons (Fsp3) is 0.235. The third kappa shape index (κ3) is 2.66. The maximum absolute atomic E-state index is 10.6. The number of hydrogen-bond acceptors (Lipinski definition) is 1. The highest BCUT2D eigenvalue weighted by Crippen LogP contribution is 2.33. The average molecular weight is 322 g/mol. The Kier molecular flexibility index (Phi) is 4.92. The standard InChI is InChI=1S/C17H16ClNO.ClH/c1-2-3-11-19-15-10-5-4-7-12(15)16-13(17(19)20)8-6-9-14(16)18;/h4-10H,2-3,11H2,1H3;1H. The largest absolute Gasteiger partial charge is 1.00 e. The van der Waals surface area contributed by atoms with Crippen molar-refractivity contribution in [2.24, 2.45) is 0 Å². The number of aryl methyl sites for hydroxylation is 1. The molecule has 2 aromatic carbocycles. The second-order valence-corrected chi connectivity index (χ2v) is 5.42. The molecule has 0 spiro atoms. The van der Waals surface area contributed by atoms with Gasteiger partial charge in [0.1, 0.15) is 0 Å². The molecule has 2 nitrogen and oxygen atoms in total. The van der Waals surface area contributed by atoms with Gasteiger partial charge in [-0.2, -0.15) is 4.57 Å². The van der Waals surface area contributed by atoms with Crippen molar-refractivity contribution in [3.8, 4) is 5.88 Å². The summed E-state index contributed by atoms with van der Waals surface area (Å²) in [7, 11) is 0. The lowest BCUT2D eigenvalue weighted by Crippen LogP contribution is -3.00. The van der Waals surface area contributed by atoms with Crippen molar-refractivity contribution in [2.45, 2.75) is 26.3 Å². The van der Waals surface area contributed by atoms with Gasteiger partial charge in [-0.15, -0.1) is 0 Å². The van der Waals surface area contributed by atoms with E-state index in [2.05, 4.69) is 13.0 Å². The summed E-state index contributed by atoms with van der Waals surface area (Å²) in [6.07, 6.45) is 2.13. The Hall–Kier alpha value is -1.51. The third-order valence-corrected chi connectivity index (χ3v) is 4.02. The van der Waals surface area contributed by atoms with Gasteiger partial charge in [0.15, 0.2) is 6.54 Å². The zero-order valence-corrected chi connectivity index (χ0v) is 13.3. The van der Waals surface area contributed by atoms with Crippen LogP contribution in [0.4, 0.5) is 0 Å². The Morgan fingerprint density at radius 3 is 2.52 bits per heavy atom. The maximum Gasteiger partial charge on any atom is 0.374 e. The number of halogens is 2. The highest BCUT2D eigenvalue weighted by molar-refractivity contribution is 6.37. The number of rotatable bonds is 3. The van der Waals surface area contributed by atoms with Crippen LogP contribution in [0.2, 0.25) is 5.02 Å². The molecule has 1 heterocycles. The summed E-state index contributed by atoms with van der Waals surface area (Å²) in [6, 6.07) is 13.8. The van der Waals surface area contributed by atoms with E-state index in [9.17, 15) is 5.11 Å². The molecule has 0 amide bonds. The summed E-state index contributed by atoms with van der Waals surface area (Å²) in [6.45, 7) is 2.96. The minimum atomic E-state index is 0. The Bertz CT molecular complexity index is 786. The van der Waals surface area contributed by atoms with Gasteiger partial charge in [-0.3, -0.25) is 0 Å². The molecule has 0 bridgehead atoms. The molecule has 0 aliphatic carbocycles. The van der Waals surface area contributed by atoms with E-state index >= 15 is 0 Å². The predicted octanol–water partition coefficient (Wildman–Crippen LogP) is 1.44. The fourth-order valence-corrected chi connectivity index (χ4v) is 2.98. The molecular weight excluding hydrogens is 305 g/mol. The van der Waals surface area contributed by atoms with Crippen LogP contribution in [-0.4, -0.2) is 5.11 Å². The molecule has 1 aromatic heterocycles. The van der Waals surface area contributed by atoms with E-state index in [1.54, 1.807) is 0 Å². The Morgan fingerprint density at radius 1 is 1.05 bits per heavy atom. The highest BCUT2D eigenvalue weighted by Gasteiger charge is 2.21. The van der Waals surface area contributed by atoms with Crippen LogP contribution in [0.25, 0.3) is 21.7 Å². The van der Waals surface area contributed by atoms with Gasteiger partial charge in [0.25, 0.3) is 0 Å². The summed E-state index contributed by atoms with van der Waals surface area (Å²) >= 11 is 6.34. The second-order valence-electron chi connectivity index (χ2n) is 5.01. The molecule has 1 N–H and O–H groups in total. The number of aromatic nitrogens is 1. The molecule has 0 saturated carbocycles. The molecule has 3 aromatic rings. The van der Waals surface area contributed by atoms with E-state index in [1.807, 2.05) is 41.0 Å². The minimum absolute atomic E-state index is 0. The SMILES string of the molecule is CCCC[n+]1c(O)c2cccc(Cl)c2c2ccccc21.[Cl-]. The molecule has 0 radical (unpaired) electrons. The average Bonchev–Trinajstić information content (AvgIpc) is 2.47. The van der Waals surface area contributed by atoms with Crippen molar-refractivity contribution >= 4 is 33.3 Å². The summed E-state index contributed by atoms with van der Waals surface area (Å²) in [4.78, 5) is 0. The Labute approximate surface area is 135 Å². The Morgan fingerprint density at radius 2 is 1.76 bits per heavy atom. The molecule has 4 heteroatoms. The van der Waals surface area contributed by atoms with Crippen LogP contribution in [0.5, 0.6) is 5.88 Å². The second kappa shape index (κ2) is 6.50. The van der Waals surface area contributed by atoms with Crippen molar-refractivity contribution in [2.75, 3.05) is 0 Å². The summed E-state index contributed by atoms with van der Waals surface area (Å²) in [5.74, 6) is 0.301. The lowest BCUT2D eigenvalue weighted by molar-refractivity contribution is -0.676. The summed E-state index contributed by atoms with van der Waals surface area (Å²) in [5.41, 5.74) is 1.03. The van der Waals surface area contributed by atoms with Gasteiger partial charge in [0.2, 0.25) is 5.52 Å². The summed E-state index contributed by atoms with van der Waals surface area (Å²) < 4.78 is 1.98. The molecule has 21 heavy (non-hydrogen) atoms. The van der Waals surface area contributed by atoms with Gasteiger partial charge in [0.05, 0.1) is 10.8 Å². The predicted molar refractivity (Wildman–Crippen MR) is 83.2 cm³/mol. The van der Waals surface area contributed by atoms with E-state index in [0.29, 0.717) is 10.9 Å². The normalized spacial score (nSPS) is 10.8. The number of benzene rings is 2. The van der Waals surface area contributed by atoms with Crippen molar-refractivity contribution < 1.29 is 22.1 Å². The quantitative estimate of drug-likeness (QED) is 0.573. The fourth-order valence-electron chi connectivity index (χ4n) is 2.71. The third-order valence-electron chi connectivity index (χ3n) is 3.71. The summed E-state index contributed by atoms with van der Waals surface area (Å²) in [5, 5.41) is 14.1. The van der Waals surface area contributed by atoms with E-state index in [4.69, 9.17) is 11.6 Å². The zero-order valence-electron chi connectivity index (χ0n) is 11.8. The first-order valence-electron chi connectivity index (χ1n) is 6.95. The van der Waals surface area contributed by atoms with Crippen molar-refractivity contribution in [1.82, 2.24) is 0 Å². The molecule has 0 aliphatic heterocycles. The van der Waals surface area contributed by atoms with Crippen LogP contribution in [-0.2, 0) is 6.54 Å². The number of unbranched alkanes of at least 4 members (excludes halogenated alkanes) is 1. The van der Waals surface area contributed by atoms with Gasteiger partial charge >= 0.3 is 5.88 Å². The van der Waals surface area contributed by atoms with Crippen molar-refractivity contribution in [3.63, 3.8) is 0 Å². The molecule has 0 fully saturated rings. The molecular formula is C17H17Cl2NO. The van der Waals surface area contributed by atoms with Crippen molar-refractivity contribution in [1.29, 1.82) is 0 Å². The van der Waals surface area contributed by atoms with Gasteiger partial charge in [0, 0.05) is 22.9 Å². The van der Waals surface area contributed by atoms with E-state index < -0.39 is 0 Å². The Balaban J connectivity index is 0.00000161. The zero-order chi connectivity index (χ0) is 14.1. The van der Waals surface area contributed by atoms with Crippen molar-refractivity contribution in [3.05, 3.63) is 47.5 Å². The smallest absolute Gasteiger partial charge is 0.374 e. The first kappa shape index (κ1) is 15.9. The van der Waals surface area contributed by atoms with Gasteiger partial charge in [-0.1, -0.05) is 43.1 Å². The molecule has 0 saturated heterocycles. The number of pyridine rings is 1. The lowest BCUT2D eigenvalue weighted by Gasteiger charge is -2.08. The monoisotopic (exact) mass is 321 g/mol. The molecule has 0 unspecified atom stereocenters. The van der Waals surface area contributed by atoms with E-state index in [-0.39, 0.29) is 12.4 Å².